The van der Waals surface area contributed by atoms with Crippen molar-refractivity contribution < 1.29 is 13.2 Å². The highest BCUT2D eigenvalue weighted by Gasteiger charge is 2.27. The third kappa shape index (κ3) is 1.66. The van der Waals surface area contributed by atoms with E-state index in [4.69, 9.17) is 0 Å². The summed E-state index contributed by atoms with van der Waals surface area (Å²) in [4.78, 5) is 10.8. The largest absolute Gasteiger partial charge is 0.294 e. The molecule has 0 spiro atoms. The van der Waals surface area contributed by atoms with E-state index in [0.29, 0.717) is 0 Å². The zero-order chi connectivity index (χ0) is 9.35. The van der Waals surface area contributed by atoms with E-state index < -0.39 is 15.8 Å². The van der Waals surface area contributed by atoms with E-state index in [2.05, 4.69) is 0 Å². The molecule has 0 aromatic heterocycles. The molecule has 1 heterocycles. The van der Waals surface area contributed by atoms with Crippen molar-refractivity contribution in [2.75, 3.05) is 5.75 Å². The molecule has 0 aliphatic carbocycles. The fraction of sp³-hybridized carbons (Fsp3) is 0.571. The molecule has 0 bridgehead atoms. The van der Waals surface area contributed by atoms with E-state index in [-0.39, 0.29) is 11.8 Å². The maximum atomic E-state index is 11.3. The molecule has 1 rings (SSSR count). The Morgan fingerprint density at radius 3 is 2.50 bits per heavy atom. The lowest BCUT2D eigenvalue weighted by Gasteiger charge is -2.26. The maximum absolute atomic E-state index is 11.3. The number of carbonyl (C=O) groups excluding carboxylic acids is 1. The highest BCUT2D eigenvalue weighted by atomic mass is 32.2. The van der Waals surface area contributed by atoms with Crippen LogP contribution in [0.5, 0.6) is 0 Å². The number of carbonyl (C=O) groups is 1. The molecule has 0 saturated heterocycles. The zero-order valence-electron chi connectivity index (χ0n) is 7.02. The Labute approximate surface area is 71.9 Å². The van der Waals surface area contributed by atoms with Crippen molar-refractivity contribution >= 4 is 15.8 Å². The molecule has 1 aliphatic rings. The van der Waals surface area contributed by atoms with Gasteiger partial charge in [0, 0.05) is 12.2 Å². The van der Waals surface area contributed by atoms with Gasteiger partial charge in [-0.1, -0.05) is 0 Å². The van der Waals surface area contributed by atoms with Crippen LogP contribution in [0.15, 0.2) is 12.3 Å². The number of hydrogen-bond acceptors (Lipinski definition) is 3. The quantitative estimate of drug-likeness (QED) is 0.589. The third-order valence-electron chi connectivity index (χ3n) is 1.56. The smallest absolute Gasteiger partial charge is 0.242 e. The first-order chi connectivity index (χ1) is 5.43. The Bertz CT molecular complexity index is 316. The van der Waals surface area contributed by atoms with Gasteiger partial charge >= 0.3 is 0 Å². The van der Waals surface area contributed by atoms with Crippen LogP contribution in [0.3, 0.4) is 0 Å². The molecular formula is C7H11NO3S. The Kier molecular flexibility index (Phi) is 2.23. The van der Waals surface area contributed by atoms with E-state index in [0.717, 1.165) is 0 Å². The number of ketones is 1. The second kappa shape index (κ2) is 2.90. The number of sulfonamides is 1. The molecule has 12 heavy (non-hydrogen) atoms. The van der Waals surface area contributed by atoms with Crippen LogP contribution >= 0.6 is 0 Å². The lowest BCUT2D eigenvalue weighted by atomic mass is 10.4. The van der Waals surface area contributed by atoms with Crippen molar-refractivity contribution in [2.24, 2.45) is 0 Å². The van der Waals surface area contributed by atoms with E-state index in [1.54, 1.807) is 13.8 Å². The van der Waals surface area contributed by atoms with Crippen LogP contribution in [0, 0.1) is 0 Å². The predicted octanol–water partition coefficient (Wildman–Crippen LogP) is 0.123. The van der Waals surface area contributed by atoms with Crippen molar-refractivity contribution in [1.82, 2.24) is 4.31 Å². The fourth-order valence-electron chi connectivity index (χ4n) is 1.05. The van der Waals surface area contributed by atoms with Crippen molar-refractivity contribution in [2.45, 2.75) is 19.9 Å². The van der Waals surface area contributed by atoms with Crippen molar-refractivity contribution in [3.05, 3.63) is 12.3 Å². The highest BCUT2D eigenvalue weighted by Crippen LogP contribution is 2.12. The van der Waals surface area contributed by atoms with Gasteiger partial charge in [-0.05, 0) is 19.9 Å². The molecule has 68 valence electrons. The molecule has 0 atom stereocenters. The lowest BCUT2D eigenvalue weighted by Crippen LogP contribution is -2.38. The molecule has 0 fully saturated rings. The predicted molar refractivity (Wildman–Crippen MR) is 44.9 cm³/mol. The summed E-state index contributed by atoms with van der Waals surface area (Å²) in [5.41, 5.74) is 0. The summed E-state index contributed by atoms with van der Waals surface area (Å²) in [6.45, 7) is 3.52. The topological polar surface area (TPSA) is 54.5 Å². The molecule has 0 aromatic rings. The summed E-state index contributed by atoms with van der Waals surface area (Å²) in [5.74, 6) is -0.756. The summed E-state index contributed by atoms with van der Waals surface area (Å²) < 4.78 is 23.8. The van der Waals surface area contributed by atoms with Gasteiger partial charge in [0.1, 0.15) is 5.75 Å². The number of hydrogen-bond donors (Lipinski definition) is 0. The van der Waals surface area contributed by atoms with Crippen molar-refractivity contribution in [3.63, 3.8) is 0 Å². The first kappa shape index (κ1) is 9.25. The molecule has 0 radical (unpaired) electrons. The van der Waals surface area contributed by atoms with Crippen LogP contribution in [0.2, 0.25) is 0 Å². The standard InChI is InChI=1S/C7H11NO3S/c1-6(2)8-4-3-7(9)5-12(8,10)11/h3-4,6H,5H2,1-2H3. The third-order valence-corrected chi connectivity index (χ3v) is 3.40. The second-order valence-corrected chi connectivity index (χ2v) is 4.84. The number of allylic oxidation sites excluding steroid dienone is 1. The molecular weight excluding hydrogens is 178 g/mol. The van der Waals surface area contributed by atoms with Crippen molar-refractivity contribution in [1.29, 1.82) is 0 Å². The Morgan fingerprint density at radius 1 is 1.50 bits per heavy atom. The van der Waals surface area contributed by atoms with Gasteiger partial charge in [-0.3, -0.25) is 9.10 Å². The monoisotopic (exact) mass is 189 g/mol. The SMILES string of the molecule is CC(C)N1C=CC(=O)CS1(=O)=O. The van der Waals surface area contributed by atoms with Gasteiger partial charge in [0.05, 0.1) is 0 Å². The number of nitrogens with zero attached hydrogens (tertiary/aromatic N) is 1. The average molecular weight is 189 g/mol. The van der Waals surface area contributed by atoms with Crippen LogP contribution in [-0.4, -0.2) is 30.3 Å². The second-order valence-electron chi connectivity index (χ2n) is 2.96. The van der Waals surface area contributed by atoms with Gasteiger partial charge in [0.2, 0.25) is 10.0 Å². The van der Waals surface area contributed by atoms with E-state index in [1.165, 1.54) is 16.6 Å². The van der Waals surface area contributed by atoms with Crippen LogP contribution in [0.4, 0.5) is 0 Å². The van der Waals surface area contributed by atoms with E-state index in [1.807, 2.05) is 0 Å². The molecule has 0 N–H and O–H groups in total. The van der Waals surface area contributed by atoms with Gasteiger partial charge in [0.15, 0.2) is 5.78 Å². The van der Waals surface area contributed by atoms with E-state index >= 15 is 0 Å². The molecule has 1 aliphatic heterocycles. The molecule has 0 saturated carbocycles. The minimum Gasteiger partial charge on any atom is -0.294 e. The van der Waals surface area contributed by atoms with Gasteiger partial charge < -0.3 is 0 Å². The summed E-state index contributed by atoms with van der Waals surface area (Å²) in [5, 5.41) is 0. The fourth-order valence-corrected chi connectivity index (χ4v) is 2.54. The van der Waals surface area contributed by atoms with Crippen LogP contribution in [-0.2, 0) is 14.8 Å². The molecule has 5 heteroatoms. The van der Waals surface area contributed by atoms with Gasteiger partial charge in [-0.15, -0.1) is 0 Å². The van der Waals surface area contributed by atoms with Crippen LogP contribution in [0.25, 0.3) is 0 Å². The van der Waals surface area contributed by atoms with Gasteiger partial charge in [0.25, 0.3) is 0 Å². The minimum absolute atomic E-state index is 0.126. The summed E-state index contributed by atoms with van der Waals surface area (Å²) in [6.07, 6.45) is 2.62. The molecule has 0 amide bonds. The van der Waals surface area contributed by atoms with Crippen LogP contribution in [0.1, 0.15) is 13.8 Å². The normalized spacial score (nSPS) is 21.9. The van der Waals surface area contributed by atoms with Gasteiger partial charge in [-0.2, -0.15) is 0 Å². The molecule has 0 unspecified atom stereocenters. The van der Waals surface area contributed by atoms with Gasteiger partial charge in [-0.25, -0.2) is 8.42 Å². The summed E-state index contributed by atoms with van der Waals surface area (Å²) >= 11 is 0. The zero-order valence-corrected chi connectivity index (χ0v) is 7.84. The number of rotatable bonds is 1. The summed E-state index contributed by atoms with van der Waals surface area (Å²) in [7, 11) is -3.37. The maximum Gasteiger partial charge on any atom is 0.242 e. The minimum atomic E-state index is -3.37. The Morgan fingerprint density at radius 2 is 2.08 bits per heavy atom. The van der Waals surface area contributed by atoms with Crippen molar-refractivity contribution in [3.8, 4) is 0 Å². The molecule has 4 nitrogen and oxygen atoms in total. The molecule has 0 aromatic carbocycles. The average Bonchev–Trinajstić information content (AvgIpc) is 1.82. The first-order valence-corrected chi connectivity index (χ1v) is 5.26. The van der Waals surface area contributed by atoms with Crippen LogP contribution < -0.4 is 0 Å². The lowest BCUT2D eigenvalue weighted by molar-refractivity contribution is -0.112. The first-order valence-electron chi connectivity index (χ1n) is 3.66. The summed E-state index contributed by atoms with van der Waals surface area (Å²) in [6, 6.07) is -0.126. The van der Waals surface area contributed by atoms with E-state index in [9.17, 15) is 13.2 Å². The Hall–Kier alpha value is -0.840. The highest BCUT2D eigenvalue weighted by molar-refractivity contribution is 7.90. The Balaban J connectivity index is 3.03.